The molecular formula is C18H18N4O3S. The average Bonchev–Trinajstić information content (AvgIpc) is 3.03. The molecular weight excluding hydrogens is 352 g/mol. The third kappa shape index (κ3) is 3.45. The molecule has 1 aromatic carbocycles. The van der Waals surface area contributed by atoms with Crippen LogP contribution in [0.3, 0.4) is 0 Å². The lowest BCUT2D eigenvalue weighted by Crippen LogP contribution is -2.24. The zero-order valence-electron chi connectivity index (χ0n) is 14.1. The van der Waals surface area contributed by atoms with Crippen molar-refractivity contribution in [3.8, 4) is 5.75 Å². The SMILES string of the molecule is O=C(COc1ccc2nc3n(c(=O)c2c1)CCCCC3)Nc1nccs1. The van der Waals surface area contributed by atoms with Crippen LogP contribution in [0, 0.1) is 0 Å². The number of thiazole rings is 1. The van der Waals surface area contributed by atoms with Crippen molar-refractivity contribution in [2.45, 2.75) is 32.2 Å². The number of amides is 1. The Kier molecular flexibility index (Phi) is 4.66. The molecule has 3 heterocycles. The molecule has 7 nitrogen and oxygen atoms in total. The summed E-state index contributed by atoms with van der Waals surface area (Å²) in [4.78, 5) is 33.3. The quantitative estimate of drug-likeness (QED) is 0.763. The summed E-state index contributed by atoms with van der Waals surface area (Å²) >= 11 is 1.34. The molecule has 1 aliphatic rings. The Morgan fingerprint density at radius 2 is 2.23 bits per heavy atom. The van der Waals surface area contributed by atoms with E-state index in [1.807, 2.05) is 0 Å². The van der Waals surface area contributed by atoms with Crippen molar-refractivity contribution in [2.75, 3.05) is 11.9 Å². The van der Waals surface area contributed by atoms with Crippen molar-refractivity contribution in [2.24, 2.45) is 0 Å². The number of benzene rings is 1. The van der Waals surface area contributed by atoms with Gasteiger partial charge in [0.15, 0.2) is 11.7 Å². The number of ether oxygens (including phenoxy) is 1. The first-order chi connectivity index (χ1) is 12.7. The Morgan fingerprint density at radius 1 is 1.31 bits per heavy atom. The smallest absolute Gasteiger partial charge is 0.264 e. The first-order valence-electron chi connectivity index (χ1n) is 8.56. The van der Waals surface area contributed by atoms with Crippen molar-refractivity contribution in [3.63, 3.8) is 0 Å². The fourth-order valence-corrected chi connectivity index (χ4v) is 3.62. The van der Waals surface area contributed by atoms with Gasteiger partial charge in [0.05, 0.1) is 10.9 Å². The number of rotatable bonds is 4. The van der Waals surface area contributed by atoms with Gasteiger partial charge in [0, 0.05) is 24.5 Å². The fraction of sp³-hybridized carbons (Fsp3) is 0.333. The molecule has 2 aromatic heterocycles. The summed E-state index contributed by atoms with van der Waals surface area (Å²) in [5.41, 5.74) is 0.632. The van der Waals surface area contributed by atoms with E-state index in [0.29, 0.717) is 28.3 Å². The minimum Gasteiger partial charge on any atom is -0.484 e. The van der Waals surface area contributed by atoms with Gasteiger partial charge in [-0.1, -0.05) is 6.42 Å². The Morgan fingerprint density at radius 3 is 3.08 bits per heavy atom. The van der Waals surface area contributed by atoms with Crippen LogP contribution in [0.15, 0.2) is 34.6 Å². The second kappa shape index (κ2) is 7.25. The number of aromatic nitrogens is 3. The van der Waals surface area contributed by atoms with Crippen molar-refractivity contribution in [1.29, 1.82) is 0 Å². The molecule has 0 saturated carbocycles. The molecule has 0 spiro atoms. The predicted molar refractivity (Wildman–Crippen MR) is 99.8 cm³/mol. The van der Waals surface area contributed by atoms with Gasteiger partial charge in [-0.2, -0.15) is 0 Å². The second-order valence-electron chi connectivity index (χ2n) is 6.15. The molecule has 1 amide bonds. The van der Waals surface area contributed by atoms with E-state index in [1.165, 1.54) is 11.3 Å². The lowest BCUT2D eigenvalue weighted by molar-refractivity contribution is -0.118. The largest absolute Gasteiger partial charge is 0.484 e. The van der Waals surface area contributed by atoms with Gasteiger partial charge in [-0.15, -0.1) is 11.3 Å². The molecule has 1 N–H and O–H groups in total. The minimum absolute atomic E-state index is 0.0374. The molecule has 0 fully saturated rings. The van der Waals surface area contributed by atoms with Crippen molar-refractivity contribution >= 4 is 33.3 Å². The first-order valence-corrected chi connectivity index (χ1v) is 9.44. The summed E-state index contributed by atoms with van der Waals surface area (Å²) in [6, 6.07) is 5.18. The zero-order valence-corrected chi connectivity index (χ0v) is 14.9. The Hall–Kier alpha value is -2.74. The third-order valence-electron chi connectivity index (χ3n) is 4.34. The molecule has 0 saturated heterocycles. The Labute approximate surface area is 153 Å². The molecule has 1 aliphatic heterocycles. The van der Waals surface area contributed by atoms with Gasteiger partial charge < -0.3 is 4.74 Å². The Bertz CT molecular complexity index is 998. The summed E-state index contributed by atoms with van der Waals surface area (Å²) in [6.07, 6.45) is 5.62. The highest BCUT2D eigenvalue weighted by molar-refractivity contribution is 7.13. The molecule has 0 aliphatic carbocycles. The molecule has 134 valence electrons. The van der Waals surface area contributed by atoms with Crippen LogP contribution in [-0.4, -0.2) is 27.0 Å². The number of hydrogen-bond acceptors (Lipinski definition) is 6. The van der Waals surface area contributed by atoms with Crippen LogP contribution in [0.4, 0.5) is 5.13 Å². The third-order valence-corrected chi connectivity index (χ3v) is 5.02. The van der Waals surface area contributed by atoms with Crippen LogP contribution in [0.25, 0.3) is 10.9 Å². The highest BCUT2D eigenvalue weighted by Crippen LogP contribution is 2.20. The van der Waals surface area contributed by atoms with Crippen molar-refractivity contribution < 1.29 is 9.53 Å². The van der Waals surface area contributed by atoms with Gasteiger partial charge in [-0.3, -0.25) is 19.5 Å². The molecule has 3 aromatic rings. The maximum Gasteiger partial charge on any atom is 0.264 e. The number of aryl methyl sites for hydroxylation is 1. The van der Waals surface area contributed by atoms with Gasteiger partial charge in [0.1, 0.15) is 11.6 Å². The summed E-state index contributed by atoms with van der Waals surface area (Å²) in [5, 5.41) is 5.49. The second-order valence-corrected chi connectivity index (χ2v) is 7.04. The van der Waals surface area contributed by atoms with E-state index in [0.717, 1.165) is 31.5 Å². The molecule has 26 heavy (non-hydrogen) atoms. The number of carbonyl (C=O) groups is 1. The van der Waals surface area contributed by atoms with Crippen LogP contribution in [0.1, 0.15) is 25.1 Å². The summed E-state index contributed by atoms with van der Waals surface area (Å²) in [6.45, 7) is 0.559. The van der Waals surface area contributed by atoms with Crippen molar-refractivity contribution in [3.05, 3.63) is 46.0 Å². The maximum absolute atomic E-state index is 12.8. The number of anilines is 1. The standard InChI is InChI=1S/C18H18N4O3S/c23-16(21-18-19-7-9-26-18)11-25-12-5-6-14-13(10-12)17(24)22-8-3-1-2-4-15(22)20-14/h5-7,9-10H,1-4,8,11H2,(H,19,21,23). The fourth-order valence-electron chi connectivity index (χ4n) is 3.08. The van der Waals surface area contributed by atoms with Gasteiger partial charge in [0.25, 0.3) is 11.5 Å². The highest BCUT2D eigenvalue weighted by Gasteiger charge is 2.14. The Balaban J connectivity index is 1.54. The van der Waals surface area contributed by atoms with E-state index >= 15 is 0 Å². The number of nitrogens with zero attached hydrogens (tertiary/aromatic N) is 3. The summed E-state index contributed by atoms with van der Waals surface area (Å²) in [7, 11) is 0. The van der Waals surface area contributed by atoms with E-state index in [1.54, 1.807) is 34.3 Å². The number of fused-ring (bicyclic) bond motifs is 2. The van der Waals surface area contributed by atoms with Crippen LogP contribution < -0.4 is 15.6 Å². The van der Waals surface area contributed by atoms with Gasteiger partial charge in [0.2, 0.25) is 0 Å². The average molecular weight is 370 g/mol. The zero-order chi connectivity index (χ0) is 17.9. The van der Waals surface area contributed by atoms with Crippen LogP contribution in [0.2, 0.25) is 0 Å². The van der Waals surface area contributed by atoms with E-state index in [-0.39, 0.29) is 18.1 Å². The normalized spacial score (nSPS) is 13.8. The lowest BCUT2D eigenvalue weighted by Gasteiger charge is -2.11. The minimum atomic E-state index is -0.295. The van der Waals surface area contributed by atoms with Crippen LogP contribution in [0.5, 0.6) is 5.75 Å². The van der Waals surface area contributed by atoms with Crippen molar-refractivity contribution in [1.82, 2.24) is 14.5 Å². The summed E-state index contributed by atoms with van der Waals surface area (Å²) in [5.74, 6) is 1.04. The molecule has 0 radical (unpaired) electrons. The van der Waals surface area contributed by atoms with E-state index in [9.17, 15) is 9.59 Å². The van der Waals surface area contributed by atoms with E-state index < -0.39 is 0 Å². The molecule has 8 heteroatoms. The highest BCUT2D eigenvalue weighted by atomic mass is 32.1. The number of nitrogens with one attached hydrogen (secondary N) is 1. The topological polar surface area (TPSA) is 86.1 Å². The molecule has 0 bridgehead atoms. The van der Waals surface area contributed by atoms with Gasteiger partial charge in [-0.25, -0.2) is 9.97 Å². The molecule has 4 rings (SSSR count). The summed E-state index contributed by atoms with van der Waals surface area (Å²) < 4.78 is 7.31. The predicted octanol–water partition coefficient (Wildman–Crippen LogP) is 2.60. The molecule has 0 atom stereocenters. The van der Waals surface area contributed by atoms with Gasteiger partial charge >= 0.3 is 0 Å². The number of carbonyl (C=O) groups excluding carboxylic acids is 1. The number of hydrogen-bond donors (Lipinski definition) is 1. The van der Waals surface area contributed by atoms with E-state index in [4.69, 9.17) is 4.74 Å². The van der Waals surface area contributed by atoms with E-state index in [2.05, 4.69) is 15.3 Å². The monoisotopic (exact) mass is 370 g/mol. The van der Waals surface area contributed by atoms with Crippen LogP contribution in [-0.2, 0) is 17.8 Å². The van der Waals surface area contributed by atoms with Crippen LogP contribution >= 0.6 is 11.3 Å². The first kappa shape index (κ1) is 16.7. The maximum atomic E-state index is 12.8. The molecule has 0 unspecified atom stereocenters. The lowest BCUT2D eigenvalue weighted by atomic mass is 10.2. The van der Waals surface area contributed by atoms with Gasteiger partial charge in [-0.05, 0) is 31.0 Å².